The summed E-state index contributed by atoms with van der Waals surface area (Å²) in [7, 11) is -7.40. The van der Waals surface area contributed by atoms with Gasteiger partial charge in [0.1, 0.15) is 0 Å². The van der Waals surface area contributed by atoms with Crippen molar-refractivity contribution in [1.82, 2.24) is 4.98 Å². The van der Waals surface area contributed by atoms with E-state index in [1.807, 2.05) is 13.8 Å². The smallest absolute Gasteiger partial charge is 0.228 e. The molecule has 29 heavy (non-hydrogen) atoms. The Morgan fingerprint density at radius 3 is 1.90 bits per heavy atom. The van der Waals surface area contributed by atoms with Crippen LogP contribution < -0.4 is 0 Å². The molecule has 0 aliphatic heterocycles. The maximum atomic E-state index is 12.9. The number of hydrogen-bond acceptors (Lipinski definition) is 7. The third-order valence-electron chi connectivity index (χ3n) is 4.35. The zero-order chi connectivity index (χ0) is 21.2. The van der Waals surface area contributed by atoms with Crippen LogP contribution in [0.3, 0.4) is 0 Å². The number of aryl methyl sites for hydroxylation is 3. The van der Waals surface area contributed by atoms with Crippen LogP contribution in [0.1, 0.15) is 17.0 Å². The summed E-state index contributed by atoms with van der Waals surface area (Å²) in [6, 6.07) is 13.0. The van der Waals surface area contributed by atoms with Gasteiger partial charge >= 0.3 is 0 Å². The first-order chi connectivity index (χ1) is 13.6. The van der Waals surface area contributed by atoms with Crippen LogP contribution in [0.2, 0.25) is 0 Å². The van der Waals surface area contributed by atoms with Crippen LogP contribution in [0.25, 0.3) is 0 Å². The zero-order valence-electron chi connectivity index (χ0n) is 16.2. The average molecular weight is 452 g/mol. The highest BCUT2D eigenvalue weighted by Crippen LogP contribution is 2.30. The molecule has 1 heterocycles. The van der Waals surface area contributed by atoms with Crippen LogP contribution >= 0.6 is 11.8 Å². The molecule has 0 amide bonds. The third-order valence-corrected chi connectivity index (χ3v) is 8.53. The van der Waals surface area contributed by atoms with Gasteiger partial charge in [0.15, 0.2) is 20.8 Å². The molecule has 0 unspecified atom stereocenters. The molecule has 0 radical (unpaired) electrons. The second-order valence-electron chi connectivity index (χ2n) is 6.60. The molecule has 0 spiro atoms. The predicted octanol–water partition coefficient (Wildman–Crippen LogP) is 3.86. The second kappa shape index (κ2) is 8.33. The van der Waals surface area contributed by atoms with E-state index in [-0.39, 0.29) is 38.0 Å². The molecule has 9 heteroatoms. The highest BCUT2D eigenvalue weighted by molar-refractivity contribution is 7.99. The van der Waals surface area contributed by atoms with E-state index in [2.05, 4.69) is 4.98 Å². The largest absolute Gasteiger partial charge is 0.433 e. The van der Waals surface area contributed by atoms with Crippen molar-refractivity contribution in [2.45, 2.75) is 40.2 Å². The molecule has 1 aromatic heterocycles. The Morgan fingerprint density at radius 1 is 0.862 bits per heavy atom. The summed E-state index contributed by atoms with van der Waals surface area (Å²) < 4.78 is 56.5. The van der Waals surface area contributed by atoms with Gasteiger partial charge < -0.3 is 4.42 Å². The number of nitrogens with zero attached hydrogens (tertiary/aromatic N) is 1. The van der Waals surface area contributed by atoms with Gasteiger partial charge in [-0.3, -0.25) is 0 Å². The summed E-state index contributed by atoms with van der Waals surface area (Å²) in [5, 5.41) is -0.0371. The Kier molecular flexibility index (Phi) is 6.21. The van der Waals surface area contributed by atoms with Crippen LogP contribution in [0.15, 0.2) is 72.9 Å². The van der Waals surface area contributed by atoms with E-state index in [9.17, 15) is 16.8 Å². The molecule has 2 aromatic carbocycles. The lowest BCUT2D eigenvalue weighted by Crippen LogP contribution is -2.10. The maximum absolute atomic E-state index is 12.9. The number of sulfone groups is 2. The second-order valence-corrected chi connectivity index (χ2v) is 11.4. The van der Waals surface area contributed by atoms with Crippen LogP contribution in [0.5, 0.6) is 0 Å². The van der Waals surface area contributed by atoms with Crippen molar-refractivity contribution >= 4 is 31.4 Å². The first-order valence-electron chi connectivity index (χ1n) is 8.78. The fraction of sp³-hybridized carbons (Fsp3) is 0.250. The minimum absolute atomic E-state index is 0.0206. The van der Waals surface area contributed by atoms with Crippen molar-refractivity contribution < 1.29 is 21.3 Å². The number of thioether (sulfide) groups is 1. The van der Waals surface area contributed by atoms with Crippen LogP contribution in [0.4, 0.5) is 0 Å². The van der Waals surface area contributed by atoms with Gasteiger partial charge in [-0.1, -0.05) is 47.2 Å². The van der Waals surface area contributed by atoms with Gasteiger partial charge in [0.05, 0.1) is 15.5 Å². The fourth-order valence-electron chi connectivity index (χ4n) is 2.65. The maximum Gasteiger partial charge on any atom is 0.228 e. The monoisotopic (exact) mass is 451 g/mol. The van der Waals surface area contributed by atoms with E-state index in [0.717, 1.165) is 22.9 Å². The summed E-state index contributed by atoms with van der Waals surface area (Å²) in [5.74, 6) is -0.148. The Balaban J connectivity index is 1.86. The number of oxazole rings is 1. The van der Waals surface area contributed by atoms with Crippen molar-refractivity contribution in [1.29, 1.82) is 0 Å². The molecular weight excluding hydrogens is 430 g/mol. The van der Waals surface area contributed by atoms with Crippen molar-refractivity contribution in [3.63, 3.8) is 0 Å². The van der Waals surface area contributed by atoms with Crippen LogP contribution in [-0.4, -0.2) is 33.8 Å². The lowest BCUT2D eigenvalue weighted by molar-refractivity contribution is 0.420. The fourth-order valence-corrected chi connectivity index (χ4v) is 6.06. The molecule has 0 N–H and O–H groups in total. The topological polar surface area (TPSA) is 94.3 Å². The minimum atomic E-state index is -3.86. The quantitative estimate of drug-likeness (QED) is 0.503. The predicted molar refractivity (Wildman–Crippen MR) is 112 cm³/mol. The molecule has 0 aliphatic rings. The lowest BCUT2D eigenvalue weighted by Gasteiger charge is -2.03. The third kappa shape index (κ3) is 4.73. The highest BCUT2D eigenvalue weighted by Gasteiger charge is 2.28. The van der Waals surface area contributed by atoms with Gasteiger partial charge in [0.2, 0.25) is 14.9 Å². The van der Waals surface area contributed by atoms with Crippen molar-refractivity contribution in [2.24, 2.45) is 0 Å². The minimum Gasteiger partial charge on any atom is -0.433 e. The summed E-state index contributed by atoms with van der Waals surface area (Å²) in [6.45, 7) is 3.75. The van der Waals surface area contributed by atoms with Gasteiger partial charge in [-0.25, -0.2) is 21.8 Å². The van der Waals surface area contributed by atoms with Gasteiger partial charge in [0, 0.05) is 6.42 Å². The standard InChI is InChI=1S/C20H21NO5S3/c1-14-4-8-16(9-5-14)28(22,23)13-12-18-21-19(20(26-18)27-3)29(24,25)17-10-6-15(2)7-11-17/h4-11H,12-13H2,1-3H3. The Labute approximate surface area is 175 Å². The number of hydrogen-bond donors (Lipinski definition) is 0. The molecule has 0 saturated heterocycles. The Morgan fingerprint density at radius 2 is 1.38 bits per heavy atom. The number of benzene rings is 2. The van der Waals surface area contributed by atoms with Crippen LogP contribution in [-0.2, 0) is 26.1 Å². The summed E-state index contributed by atoms with van der Waals surface area (Å²) in [6.07, 6.45) is 1.66. The lowest BCUT2D eigenvalue weighted by atomic mass is 10.2. The highest BCUT2D eigenvalue weighted by atomic mass is 32.2. The molecule has 0 atom stereocenters. The van der Waals surface area contributed by atoms with Gasteiger partial charge in [-0.15, -0.1) is 0 Å². The first-order valence-corrected chi connectivity index (χ1v) is 13.1. The Hall–Kier alpha value is -2.10. The van der Waals surface area contributed by atoms with Gasteiger partial charge in [0.25, 0.3) is 0 Å². The molecule has 0 saturated carbocycles. The zero-order valence-corrected chi connectivity index (χ0v) is 18.7. The number of rotatable bonds is 7. The normalized spacial score (nSPS) is 12.2. The molecule has 6 nitrogen and oxygen atoms in total. The van der Waals surface area contributed by atoms with E-state index < -0.39 is 19.7 Å². The van der Waals surface area contributed by atoms with E-state index >= 15 is 0 Å². The number of aromatic nitrogens is 1. The summed E-state index contributed by atoms with van der Waals surface area (Å²) >= 11 is 1.11. The molecule has 0 aliphatic carbocycles. The SMILES string of the molecule is CSc1oc(CCS(=O)(=O)c2ccc(C)cc2)nc1S(=O)(=O)c1ccc(C)cc1. The Bertz CT molecular complexity index is 1210. The van der Waals surface area contributed by atoms with Gasteiger partial charge in [-0.2, -0.15) is 0 Å². The molecule has 3 aromatic rings. The van der Waals surface area contributed by atoms with Crippen molar-refractivity contribution in [2.75, 3.05) is 12.0 Å². The van der Waals surface area contributed by atoms with E-state index in [1.54, 1.807) is 42.7 Å². The molecule has 3 rings (SSSR count). The molecule has 154 valence electrons. The van der Waals surface area contributed by atoms with Gasteiger partial charge in [-0.05, 0) is 44.4 Å². The molecule has 0 bridgehead atoms. The molecular formula is C20H21NO5S3. The van der Waals surface area contributed by atoms with E-state index in [1.165, 1.54) is 12.1 Å². The van der Waals surface area contributed by atoms with E-state index in [0.29, 0.717) is 0 Å². The van der Waals surface area contributed by atoms with Crippen molar-refractivity contribution in [3.8, 4) is 0 Å². The van der Waals surface area contributed by atoms with E-state index in [4.69, 9.17) is 4.42 Å². The summed E-state index contributed by atoms with van der Waals surface area (Å²) in [5.41, 5.74) is 1.91. The van der Waals surface area contributed by atoms with Crippen molar-refractivity contribution in [3.05, 3.63) is 65.5 Å². The average Bonchev–Trinajstić information content (AvgIpc) is 3.11. The summed E-state index contributed by atoms with van der Waals surface area (Å²) in [4.78, 5) is 4.45. The molecule has 0 fully saturated rings. The van der Waals surface area contributed by atoms with Crippen LogP contribution in [0, 0.1) is 13.8 Å². The first kappa shape index (κ1) is 21.6.